The number of carbonyl (C=O) groups excluding carboxylic acids is 1. The Bertz CT molecular complexity index is 867. The summed E-state index contributed by atoms with van der Waals surface area (Å²) >= 11 is 0. The van der Waals surface area contributed by atoms with E-state index in [2.05, 4.69) is 15.5 Å². The number of rotatable bonds is 4. The average Bonchev–Trinajstić information content (AvgIpc) is 2.99. The molecule has 0 fully saturated rings. The highest BCUT2D eigenvalue weighted by Crippen LogP contribution is 2.15. The molecular weight excluding hydrogens is 274 g/mol. The maximum Gasteiger partial charge on any atom is 0.353 e. The highest BCUT2D eigenvalue weighted by Gasteiger charge is 2.15. The maximum absolute atomic E-state index is 12.4. The normalized spacial score (nSPS) is 11.1. The number of carbonyl (C=O) groups is 1. The van der Waals surface area contributed by atoms with Crippen LogP contribution in [0, 0.1) is 0 Å². The van der Waals surface area contributed by atoms with E-state index in [4.69, 9.17) is 4.74 Å². The van der Waals surface area contributed by atoms with E-state index in [0.717, 1.165) is 10.9 Å². The number of hydrogen-bond donors (Lipinski definition) is 0. The molecular formula is C13H13N5O3. The molecule has 0 atom stereocenters. The average molecular weight is 287 g/mol. The molecule has 1 aromatic carbocycles. The summed E-state index contributed by atoms with van der Waals surface area (Å²) < 4.78 is 7.43. The topological polar surface area (TPSA) is 91.4 Å². The van der Waals surface area contributed by atoms with Crippen LogP contribution in [0.2, 0.25) is 0 Å². The van der Waals surface area contributed by atoms with Gasteiger partial charge in [-0.3, -0.25) is 9.36 Å². The molecule has 0 saturated heterocycles. The first kappa shape index (κ1) is 13.2. The smallest absolute Gasteiger partial charge is 0.353 e. The lowest BCUT2D eigenvalue weighted by atomic mass is 10.2. The van der Waals surface area contributed by atoms with E-state index in [0.29, 0.717) is 23.2 Å². The van der Waals surface area contributed by atoms with Gasteiger partial charge in [-0.2, -0.15) is 0 Å². The lowest BCUT2D eigenvalue weighted by molar-refractivity contribution is -0.144. The van der Waals surface area contributed by atoms with Gasteiger partial charge in [0.15, 0.2) is 5.65 Å². The minimum absolute atomic E-state index is 0.171. The number of aromatic nitrogens is 5. The number of nitrogens with zero attached hydrogens (tertiary/aromatic N) is 5. The Hall–Kier alpha value is -2.77. The second-order valence-corrected chi connectivity index (χ2v) is 4.52. The number of ether oxygens (including phenoxy) is 1. The summed E-state index contributed by atoms with van der Waals surface area (Å²) in [5.74, 6) is -0.462. The van der Waals surface area contributed by atoms with Crippen molar-refractivity contribution in [2.45, 2.75) is 19.9 Å². The van der Waals surface area contributed by atoms with Crippen molar-refractivity contribution < 1.29 is 9.53 Å². The second kappa shape index (κ2) is 5.31. The highest BCUT2D eigenvalue weighted by atomic mass is 16.5. The maximum atomic E-state index is 12.4. The first-order chi connectivity index (χ1) is 10.2. The van der Waals surface area contributed by atoms with Crippen molar-refractivity contribution >= 4 is 22.5 Å². The van der Waals surface area contributed by atoms with Crippen LogP contribution >= 0.6 is 0 Å². The zero-order valence-corrected chi connectivity index (χ0v) is 11.4. The minimum Gasteiger partial charge on any atom is -0.464 e. The number of benzene rings is 1. The van der Waals surface area contributed by atoms with E-state index in [1.807, 2.05) is 13.0 Å². The first-order valence-electron chi connectivity index (χ1n) is 6.57. The molecule has 0 spiro atoms. The van der Waals surface area contributed by atoms with Gasteiger partial charge in [0.2, 0.25) is 0 Å². The Labute approximate surface area is 118 Å². The van der Waals surface area contributed by atoms with Crippen molar-refractivity contribution in [1.29, 1.82) is 0 Å². The Balaban J connectivity index is 2.17. The summed E-state index contributed by atoms with van der Waals surface area (Å²) in [4.78, 5) is 24.2. The molecule has 0 aliphatic carbocycles. The third-order valence-electron chi connectivity index (χ3n) is 3.07. The van der Waals surface area contributed by atoms with Crippen LogP contribution in [0.4, 0.5) is 0 Å². The van der Waals surface area contributed by atoms with Gasteiger partial charge < -0.3 is 4.74 Å². The highest BCUT2D eigenvalue weighted by molar-refractivity contribution is 5.91. The van der Waals surface area contributed by atoms with Crippen LogP contribution in [-0.4, -0.2) is 37.2 Å². The fourth-order valence-corrected chi connectivity index (χ4v) is 2.14. The number of tetrazole rings is 1. The van der Waals surface area contributed by atoms with E-state index >= 15 is 0 Å². The van der Waals surface area contributed by atoms with Crippen molar-refractivity contribution in [2.75, 3.05) is 6.61 Å². The minimum atomic E-state index is -0.470. The summed E-state index contributed by atoms with van der Waals surface area (Å²) in [7, 11) is 0. The van der Waals surface area contributed by atoms with Gasteiger partial charge in [0.05, 0.1) is 12.1 Å². The zero-order valence-electron chi connectivity index (χ0n) is 11.4. The second-order valence-electron chi connectivity index (χ2n) is 4.52. The SMILES string of the molecule is CCCOC(=O)Cn1c(=O)n2nnnc2c2ccccc21. The predicted molar refractivity (Wildman–Crippen MR) is 73.8 cm³/mol. The molecule has 2 heterocycles. The van der Waals surface area contributed by atoms with Crippen LogP contribution in [0.15, 0.2) is 29.1 Å². The molecule has 0 saturated carbocycles. The van der Waals surface area contributed by atoms with Crippen LogP contribution in [0.1, 0.15) is 13.3 Å². The Morgan fingerprint density at radius 2 is 2.14 bits per heavy atom. The molecule has 0 amide bonds. The largest absolute Gasteiger partial charge is 0.464 e. The fourth-order valence-electron chi connectivity index (χ4n) is 2.14. The summed E-state index contributed by atoms with van der Waals surface area (Å²) in [5, 5.41) is 11.7. The molecule has 108 valence electrons. The van der Waals surface area contributed by atoms with E-state index in [9.17, 15) is 9.59 Å². The molecule has 0 radical (unpaired) electrons. The van der Waals surface area contributed by atoms with Crippen molar-refractivity contribution in [2.24, 2.45) is 0 Å². The fraction of sp³-hybridized carbons (Fsp3) is 0.308. The van der Waals surface area contributed by atoms with E-state index in [-0.39, 0.29) is 6.54 Å². The molecule has 8 heteroatoms. The van der Waals surface area contributed by atoms with Gasteiger partial charge >= 0.3 is 11.7 Å². The monoisotopic (exact) mass is 287 g/mol. The van der Waals surface area contributed by atoms with Gasteiger partial charge in [-0.15, -0.1) is 9.61 Å². The molecule has 0 bridgehead atoms. The van der Waals surface area contributed by atoms with E-state index in [1.54, 1.807) is 18.2 Å². The Kier molecular flexibility index (Phi) is 3.35. The van der Waals surface area contributed by atoms with Crippen LogP contribution in [0.3, 0.4) is 0 Å². The molecule has 0 aliphatic rings. The van der Waals surface area contributed by atoms with E-state index < -0.39 is 11.7 Å². The van der Waals surface area contributed by atoms with Crippen molar-refractivity contribution in [3.8, 4) is 0 Å². The Morgan fingerprint density at radius 3 is 2.95 bits per heavy atom. The number of para-hydroxylation sites is 1. The van der Waals surface area contributed by atoms with E-state index in [1.165, 1.54) is 4.57 Å². The van der Waals surface area contributed by atoms with Crippen LogP contribution in [0.5, 0.6) is 0 Å². The third kappa shape index (κ3) is 2.24. The zero-order chi connectivity index (χ0) is 14.8. The number of hydrogen-bond acceptors (Lipinski definition) is 6. The van der Waals surface area contributed by atoms with Crippen LogP contribution in [-0.2, 0) is 16.1 Å². The van der Waals surface area contributed by atoms with Crippen molar-refractivity contribution in [3.63, 3.8) is 0 Å². The van der Waals surface area contributed by atoms with Gasteiger partial charge in [0, 0.05) is 5.39 Å². The molecule has 0 N–H and O–H groups in total. The van der Waals surface area contributed by atoms with Gasteiger partial charge in [-0.25, -0.2) is 4.79 Å². The van der Waals surface area contributed by atoms with Gasteiger partial charge in [-0.1, -0.05) is 19.1 Å². The van der Waals surface area contributed by atoms with Gasteiger partial charge in [-0.05, 0) is 29.0 Å². The summed E-state index contributed by atoms with van der Waals surface area (Å²) in [6.07, 6.45) is 0.730. The third-order valence-corrected chi connectivity index (χ3v) is 3.07. The molecule has 0 unspecified atom stereocenters. The summed E-state index contributed by atoms with van der Waals surface area (Å²) in [6.45, 7) is 2.07. The van der Waals surface area contributed by atoms with Gasteiger partial charge in [0.25, 0.3) is 0 Å². The van der Waals surface area contributed by atoms with Crippen LogP contribution in [0.25, 0.3) is 16.6 Å². The van der Waals surface area contributed by atoms with Crippen molar-refractivity contribution in [1.82, 2.24) is 24.6 Å². The molecule has 3 rings (SSSR count). The predicted octanol–water partition coefficient (Wildman–Crippen LogP) is 0.392. The lowest BCUT2D eigenvalue weighted by Crippen LogP contribution is -2.31. The first-order valence-corrected chi connectivity index (χ1v) is 6.57. The Morgan fingerprint density at radius 1 is 1.33 bits per heavy atom. The lowest BCUT2D eigenvalue weighted by Gasteiger charge is -2.10. The number of fused-ring (bicyclic) bond motifs is 3. The van der Waals surface area contributed by atoms with Crippen molar-refractivity contribution in [3.05, 3.63) is 34.7 Å². The van der Waals surface area contributed by atoms with Gasteiger partial charge in [0.1, 0.15) is 6.54 Å². The molecule has 0 aliphatic heterocycles. The molecule has 21 heavy (non-hydrogen) atoms. The summed E-state index contributed by atoms with van der Waals surface area (Å²) in [5.41, 5.74) is 0.495. The summed E-state index contributed by atoms with van der Waals surface area (Å²) in [6, 6.07) is 7.16. The molecule has 2 aromatic heterocycles. The molecule has 3 aromatic rings. The standard InChI is InChI=1S/C13H13N5O3/c1-2-7-21-11(19)8-17-10-6-4-3-5-9(10)12-14-15-16-18(12)13(17)20/h3-6H,2,7-8H2,1H3. The van der Waals surface area contributed by atoms with Crippen LogP contribution < -0.4 is 5.69 Å². The quantitative estimate of drug-likeness (QED) is 0.645. The number of esters is 1. The molecule has 8 nitrogen and oxygen atoms in total.